The monoisotopic (exact) mass is 356 g/mol. The van der Waals surface area contributed by atoms with Crippen LogP contribution in [0.2, 0.25) is 0 Å². The molecule has 8 heteroatoms. The van der Waals surface area contributed by atoms with Gasteiger partial charge in [0.2, 0.25) is 0 Å². The first-order chi connectivity index (χ1) is 10.5. The number of rotatable bonds is 5. The second kappa shape index (κ2) is 7.34. The standard InChI is InChI=1S/C14H16N2O3S3/c1-4-6-16-12(18)11(22-14(16)20)13-15(3)9(8-21-13)7-10(17)19-5-2/h4,8H,1,5-7H2,2-3H3/b13-11-. The Kier molecular flexibility index (Phi) is 5.71. The number of thioether (sulfide) groups is 2. The summed E-state index contributed by atoms with van der Waals surface area (Å²) < 4.78 is 5.48. The van der Waals surface area contributed by atoms with Crippen molar-refractivity contribution in [3.8, 4) is 0 Å². The lowest BCUT2D eigenvalue weighted by molar-refractivity contribution is -0.142. The van der Waals surface area contributed by atoms with Crippen LogP contribution in [0.4, 0.5) is 0 Å². The van der Waals surface area contributed by atoms with Crippen molar-refractivity contribution in [1.82, 2.24) is 9.80 Å². The first-order valence-corrected chi connectivity index (χ1v) is 8.73. The molecule has 22 heavy (non-hydrogen) atoms. The quantitative estimate of drug-likeness (QED) is 0.325. The summed E-state index contributed by atoms with van der Waals surface area (Å²) in [5, 5.41) is 2.66. The highest BCUT2D eigenvalue weighted by atomic mass is 32.2. The zero-order valence-electron chi connectivity index (χ0n) is 12.3. The summed E-state index contributed by atoms with van der Waals surface area (Å²) in [6.45, 7) is 6.17. The van der Waals surface area contributed by atoms with E-state index >= 15 is 0 Å². The van der Waals surface area contributed by atoms with Crippen molar-refractivity contribution in [2.24, 2.45) is 0 Å². The number of thiocarbonyl (C=S) groups is 1. The number of esters is 1. The number of hydrogen-bond donors (Lipinski definition) is 0. The van der Waals surface area contributed by atoms with Crippen LogP contribution in [0.15, 0.2) is 33.7 Å². The van der Waals surface area contributed by atoms with Crippen molar-refractivity contribution in [3.05, 3.63) is 33.7 Å². The van der Waals surface area contributed by atoms with Crippen LogP contribution in [0.5, 0.6) is 0 Å². The Bertz CT molecular complexity index is 598. The molecule has 2 aliphatic heterocycles. The van der Waals surface area contributed by atoms with Gasteiger partial charge >= 0.3 is 5.97 Å². The van der Waals surface area contributed by atoms with E-state index in [1.165, 1.54) is 28.4 Å². The van der Waals surface area contributed by atoms with Crippen LogP contribution in [0.25, 0.3) is 0 Å². The van der Waals surface area contributed by atoms with Crippen molar-refractivity contribution >= 4 is 51.9 Å². The van der Waals surface area contributed by atoms with Crippen molar-refractivity contribution in [2.45, 2.75) is 13.3 Å². The third kappa shape index (κ3) is 3.39. The topological polar surface area (TPSA) is 49.9 Å². The summed E-state index contributed by atoms with van der Waals surface area (Å²) in [5.41, 5.74) is 0.812. The minimum Gasteiger partial charge on any atom is -0.466 e. The Balaban J connectivity index is 2.15. The zero-order chi connectivity index (χ0) is 16.3. The molecule has 2 heterocycles. The fourth-order valence-corrected chi connectivity index (χ4v) is 4.45. The van der Waals surface area contributed by atoms with Gasteiger partial charge in [0, 0.05) is 19.3 Å². The molecule has 0 atom stereocenters. The zero-order valence-corrected chi connectivity index (χ0v) is 14.8. The Labute approximate surface area is 143 Å². The molecule has 1 saturated heterocycles. The molecule has 2 rings (SSSR count). The highest BCUT2D eigenvalue weighted by molar-refractivity contribution is 8.27. The predicted octanol–water partition coefficient (Wildman–Crippen LogP) is 2.68. The van der Waals surface area contributed by atoms with Gasteiger partial charge in [-0.25, -0.2) is 0 Å². The van der Waals surface area contributed by atoms with E-state index in [1.54, 1.807) is 13.0 Å². The van der Waals surface area contributed by atoms with Gasteiger partial charge in [-0.15, -0.1) is 6.58 Å². The highest BCUT2D eigenvalue weighted by Crippen LogP contribution is 2.43. The van der Waals surface area contributed by atoms with E-state index in [2.05, 4.69) is 6.58 Å². The van der Waals surface area contributed by atoms with Gasteiger partial charge in [0.15, 0.2) is 0 Å². The van der Waals surface area contributed by atoms with Gasteiger partial charge in [-0.2, -0.15) is 0 Å². The van der Waals surface area contributed by atoms with Crippen LogP contribution in [0, 0.1) is 0 Å². The van der Waals surface area contributed by atoms with Gasteiger partial charge in [0.05, 0.1) is 18.1 Å². The smallest absolute Gasteiger partial charge is 0.311 e. The molecule has 0 aromatic heterocycles. The van der Waals surface area contributed by atoms with Gasteiger partial charge < -0.3 is 9.64 Å². The van der Waals surface area contributed by atoms with Crippen LogP contribution < -0.4 is 0 Å². The first kappa shape index (κ1) is 17.1. The van der Waals surface area contributed by atoms with Gasteiger partial charge in [-0.1, -0.05) is 41.8 Å². The fourth-order valence-electron chi connectivity index (χ4n) is 1.95. The van der Waals surface area contributed by atoms with Crippen LogP contribution in [0.1, 0.15) is 13.3 Å². The molecule has 0 radical (unpaired) electrons. The minimum atomic E-state index is -0.276. The van der Waals surface area contributed by atoms with E-state index in [-0.39, 0.29) is 18.3 Å². The number of ether oxygens (including phenoxy) is 1. The summed E-state index contributed by atoms with van der Waals surface area (Å²) >= 11 is 7.94. The number of amides is 1. The maximum Gasteiger partial charge on any atom is 0.311 e. The molecule has 5 nitrogen and oxygen atoms in total. The summed E-state index contributed by atoms with van der Waals surface area (Å²) in [6.07, 6.45) is 1.84. The third-order valence-electron chi connectivity index (χ3n) is 3.03. The van der Waals surface area contributed by atoms with Gasteiger partial charge in [-0.05, 0) is 12.3 Å². The molecule has 0 bridgehead atoms. The molecule has 0 unspecified atom stereocenters. The second-order valence-corrected chi connectivity index (χ2v) is 6.98. The molecule has 0 aromatic rings. The second-order valence-electron chi connectivity index (χ2n) is 4.47. The van der Waals surface area contributed by atoms with Crippen LogP contribution in [-0.4, -0.2) is 46.2 Å². The average molecular weight is 356 g/mol. The molecule has 0 N–H and O–H groups in total. The summed E-state index contributed by atoms with van der Waals surface area (Å²) in [7, 11) is 1.83. The fraction of sp³-hybridized carbons (Fsp3) is 0.357. The van der Waals surface area contributed by atoms with E-state index in [9.17, 15) is 9.59 Å². The lowest BCUT2D eigenvalue weighted by atomic mass is 10.3. The van der Waals surface area contributed by atoms with Crippen LogP contribution in [-0.2, 0) is 14.3 Å². The average Bonchev–Trinajstić information content (AvgIpc) is 2.95. The number of nitrogens with zero attached hydrogens (tertiary/aromatic N) is 2. The van der Waals surface area contributed by atoms with E-state index in [0.29, 0.717) is 22.4 Å². The SMILES string of the molecule is C=CCN1C(=O)/C(=C2/SC=C(CC(=O)OCC)N2C)SC1=S. The molecule has 118 valence electrons. The predicted molar refractivity (Wildman–Crippen MR) is 93.8 cm³/mol. The Morgan fingerprint density at radius 1 is 1.55 bits per heavy atom. The number of carbonyl (C=O) groups excluding carboxylic acids is 2. The van der Waals surface area contributed by atoms with Gasteiger partial charge in [-0.3, -0.25) is 14.5 Å². The van der Waals surface area contributed by atoms with Crippen LogP contribution >= 0.6 is 35.7 Å². The van der Waals surface area contributed by atoms with E-state index in [1.807, 2.05) is 17.4 Å². The van der Waals surface area contributed by atoms with E-state index in [4.69, 9.17) is 17.0 Å². The minimum absolute atomic E-state index is 0.116. The van der Waals surface area contributed by atoms with Crippen LogP contribution in [0.3, 0.4) is 0 Å². The largest absolute Gasteiger partial charge is 0.466 e. The number of carbonyl (C=O) groups is 2. The van der Waals surface area contributed by atoms with Crippen molar-refractivity contribution in [2.75, 3.05) is 20.2 Å². The maximum absolute atomic E-state index is 12.4. The molecule has 0 aliphatic carbocycles. The Morgan fingerprint density at radius 3 is 2.91 bits per heavy atom. The Morgan fingerprint density at radius 2 is 2.27 bits per heavy atom. The van der Waals surface area contributed by atoms with E-state index < -0.39 is 0 Å². The maximum atomic E-state index is 12.4. The van der Waals surface area contributed by atoms with Gasteiger partial charge in [0.25, 0.3) is 5.91 Å². The normalized spacial score (nSPS) is 21.5. The van der Waals surface area contributed by atoms with E-state index in [0.717, 1.165) is 10.7 Å². The molecule has 0 aromatic carbocycles. The van der Waals surface area contributed by atoms with Crippen molar-refractivity contribution in [1.29, 1.82) is 0 Å². The third-order valence-corrected chi connectivity index (χ3v) is 5.69. The first-order valence-electron chi connectivity index (χ1n) is 6.63. The number of hydrogen-bond acceptors (Lipinski definition) is 7. The Hall–Kier alpha value is -1.25. The molecule has 0 spiro atoms. The van der Waals surface area contributed by atoms with Crippen molar-refractivity contribution < 1.29 is 14.3 Å². The van der Waals surface area contributed by atoms with Crippen molar-refractivity contribution in [3.63, 3.8) is 0 Å². The lowest BCUT2D eigenvalue weighted by Gasteiger charge is -2.18. The lowest BCUT2D eigenvalue weighted by Crippen LogP contribution is -2.28. The molecular formula is C14H16N2O3S3. The molecule has 1 amide bonds. The molecule has 2 aliphatic rings. The molecule has 0 saturated carbocycles. The molecular weight excluding hydrogens is 340 g/mol. The highest BCUT2D eigenvalue weighted by Gasteiger charge is 2.36. The summed E-state index contributed by atoms with van der Waals surface area (Å²) in [5.74, 6) is -0.392. The summed E-state index contributed by atoms with van der Waals surface area (Å²) in [6, 6.07) is 0. The van der Waals surface area contributed by atoms with Gasteiger partial charge in [0.1, 0.15) is 9.23 Å². The molecule has 1 fully saturated rings. The summed E-state index contributed by atoms with van der Waals surface area (Å²) in [4.78, 5) is 28.0.